The summed E-state index contributed by atoms with van der Waals surface area (Å²) in [5.41, 5.74) is -3.78. The van der Waals surface area contributed by atoms with E-state index >= 15 is 0 Å². The fourth-order valence-electron chi connectivity index (χ4n) is 2.77. The molecule has 0 aliphatic heterocycles. The molecular formula is C19H25F3N4O4S. The molecule has 0 spiro atoms. The number of hydrogen-bond donors (Lipinski definition) is 1. The van der Waals surface area contributed by atoms with E-state index in [2.05, 4.69) is 24.5 Å². The Kier molecular flexibility index (Phi) is 7.68. The van der Waals surface area contributed by atoms with Crippen LogP contribution in [0.5, 0.6) is 11.8 Å². The lowest BCUT2D eigenvalue weighted by Gasteiger charge is -2.19. The van der Waals surface area contributed by atoms with Crippen LogP contribution in [0.2, 0.25) is 0 Å². The summed E-state index contributed by atoms with van der Waals surface area (Å²) in [5, 5.41) is 2.94. The van der Waals surface area contributed by atoms with E-state index in [1.54, 1.807) is 7.05 Å². The molecule has 2 aromatic heterocycles. The monoisotopic (exact) mass is 462 g/mol. The van der Waals surface area contributed by atoms with Crippen molar-refractivity contribution in [2.75, 3.05) is 12.4 Å². The number of aromatic nitrogens is 3. The number of pyridine rings is 1. The molecule has 0 saturated heterocycles. The van der Waals surface area contributed by atoms with Gasteiger partial charge < -0.3 is 14.2 Å². The van der Waals surface area contributed by atoms with E-state index in [1.165, 1.54) is 13.0 Å². The van der Waals surface area contributed by atoms with Crippen molar-refractivity contribution in [3.05, 3.63) is 23.5 Å². The number of rotatable bonds is 9. The maximum Gasteiger partial charge on any atom is 0.534 e. The maximum atomic E-state index is 12.5. The van der Waals surface area contributed by atoms with Gasteiger partial charge in [-0.3, -0.25) is 0 Å². The van der Waals surface area contributed by atoms with Crippen LogP contribution in [0.3, 0.4) is 0 Å². The molecule has 31 heavy (non-hydrogen) atoms. The topological polar surface area (TPSA) is 103 Å². The Morgan fingerprint density at radius 2 is 1.74 bits per heavy atom. The molecular weight excluding hydrogens is 437 g/mol. The van der Waals surface area contributed by atoms with Gasteiger partial charge in [0.25, 0.3) is 5.88 Å². The van der Waals surface area contributed by atoms with Crippen molar-refractivity contribution in [2.24, 2.45) is 0 Å². The first-order chi connectivity index (χ1) is 14.5. The smallest absolute Gasteiger partial charge is 0.472 e. The van der Waals surface area contributed by atoms with Crippen LogP contribution in [0.15, 0.2) is 12.1 Å². The van der Waals surface area contributed by atoms with Gasteiger partial charge in [0, 0.05) is 18.7 Å². The van der Waals surface area contributed by atoms with Crippen LogP contribution in [0.4, 0.5) is 19.0 Å². The van der Waals surface area contributed by atoms with Gasteiger partial charge in [-0.2, -0.15) is 21.6 Å². The van der Waals surface area contributed by atoms with E-state index in [1.807, 2.05) is 20.8 Å². The number of aryl methyl sites for hydroxylation is 2. The minimum Gasteiger partial charge on any atom is -0.472 e. The molecule has 0 aromatic carbocycles. The molecule has 2 aromatic rings. The minimum absolute atomic E-state index is 0.0210. The Labute approximate surface area is 179 Å². The molecule has 0 unspecified atom stereocenters. The van der Waals surface area contributed by atoms with Gasteiger partial charge in [0.05, 0.1) is 17.1 Å². The third-order valence-corrected chi connectivity index (χ3v) is 5.45. The Balaban J connectivity index is 2.48. The Morgan fingerprint density at radius 3 is 2.23 bits per heavy atom. The van der Waals surface area contributed by atoms with Crippen molar-refractivity contribution in [3.8, 4) is 23.0 Å². The molecule has 0 bridgehead atoms. The largest absolute Gasteiger partial charge is 0.534 e. The lowest BCUT2D eigenvalue weighted by Crippen LogP contribution is -2.28. The maximum absolute atomic E-state index is 12.5. The van der Waals surface area contributed by atoms with E-state index < -0.39 is 21.5 Å². The highest BCUT2D eigenvalue weighted by atomic mass is 32.2. The summed E-state index contributed by atoms with van der Waals surface area (Å²) in [6, 6.07) is 2.44. The molecule has 2 rings (SSSR count). The molecule has 0 saturated carbocycles. The Morgan fingerprint density at radius 1 is 1.10 bits per heavy atom. The van der Waals surface area contributed by atoms with Crippen LogP contribution in [0.1, 0.15) is 45.0 Å². The molecule has 8 nitrogen and oxygen atoms in total. The van der Waals surface area contributed by atoms with Crippen LogP contribution in [-0.2, 0) is 16.5 Å². The molecule has 0 amide bonds. The van der Waals surface area contributed by atoms with Gasteiger partial charge in [0.2, 0.25) is 5.88 Å². The van der Waals surface area contributed by atoms with E-state index in [4.69, 9.17) is 4.74 Å². The van der Waals surface area contributed by atoms with Crippen molar-refractivity contribution in [1.29, 1.82) is 0 Å². The van der Waals surface area contributed by atoms with Gasteiger partial charge in [-0.05, 0) is 32.3 Å². The van der Waals surface area contributed by atoms with Crippen LogP contribution in [-0.4, -0.2) is 42.0 Å². The standard InChI is InChI=1S/C19H25F3N4O4S/c1-6-12(7-2)29-18-17(23-5)26-16(14(8-3)25-18)13-9-10-15(24-11(13)4)30-31(27,28)19(20,21)22/h9-10,12H,6-8H2,1-5H3,(H,23,26). The first-order valence-corrected chi connectivity index (χ1v) is 11.1. The Bertz CT molecular complexity index is 1030. The first kappa shape index (κ1) is 24.6. The Hall–Kier alpha value is -2.63. The summed E-state index contributed by atoms with van der Waals surface area (Å²) >= 11 is 0. The van der Waals surface area contributed by atoms with Gasteiger partial charge in [-0.15, -0.1) is 0 Å². The summed E-state index contributed by atoms with van der Waals surface area (Å²) in [7, 11) is -4.14. The van der Waals surface area contributed by atoms with Crippen LogP contribution >= 0.6 is 0 Å². The quantitative estimate of drug-likeness (QED) is 0.436. The molecule has 1 N–H and O–H groups in total. The average Bonchev–Trinajstić information content (AvgIpc) is 2.70. The van der Waals surface area contributed by atoms with E-state index in [0.29, 0.717) is 35.1 Å². The number of hydrogen-bond acceptors (Lipinski definition) is 8. The highest BCUT2D eigenvalue weighted by Gasteiger charge is 2.48. The zero-order valence-corrected chi connectivity index (χ0v) is 18.7. The van der Waals surface area contributed by atoms with Gasteiger partial charge in [-0.1, -0.05) is 20.8 Å². The fourth-order valence-corrected chi connectivity index (χ4v) is 3.18. The normalized spacial score (nSPS) is 12.2. The predicted octanol–water partition coefficient (Wildman–Crippen LogP) is 4.25. The highest BCUT2D eigenvalue weighted by molar-refractivity contribution is 7.87. The van der Waals surface area contributed by atoms with Crippen molar-refractivity contribution in [2.45, 2.75) is 58.6 Å². The molecule has 0 aliphatic rings. The second-order valence-electron chi connectivity index (χ2n) is 6.60. The summed E-state index contributed by atoms with van der Waals surface area (Å²) in [5.74, 6) is 0.0734. The van der Waals surface area contributed by atoms with Crippen LogP contribution in [0.25, 0.3) is 11.3 Å². The molecule has 0 fully saturated rings. The number of ether oxygens (including phenoxy) is 1. The third-order valence-electron chi connectivity index (χ3n) is 4.49. The van der Waals surface area contributed by atoms with Gasteiger partial charge in [0.1, 0.15) is 6.10 Å². The van der Waals surface area contributed by atoms with Gasteiger partial charge in [-0.25, -0.2) is 15.0 Å². The average molecular weight is 462 g/mol. The number of halogens is 3. The predicted molar refractivity (Wildman–Crippen MR) is 110 cm³/mol. The number of nitrogens with zero attached hydrogens (tertiary/aromatic N) is 3. The fraction of sp³-hybridized carbons (Fsp3) is 0.526. The molecule has 0 radical (unpaired) electrons. The second kappa shape index (κ2) is 9.67. The number of anilines is 1. The number of alkyl halides is 3. The van der Waals surface area contributed by atoms with Crippen molar-refractivity contribution < 1.29 is 30.5 Å². The zero-order chi connectivity index (χ0) is 23.4. The van der Waals surface area contributed by atoms with E-state index in [9.17, 15) is 21.6 Å². The highest BCUT2D eigenvalue weighted by Crippen LogP contribution is 2.32. The summed E-state index contributed by atoms with van der Waals surface area (Å²) in [6.07, 6.45) is 2.09. The molecule has 12 heteroatoms. The first-order valence-electron chi connectivity index (χ1n) is 9.71. The van der Waals surface area contributed by atoms with Crippen molar-refractivity contribution in [1.82, 2.24) is 15.0 Å². The summed E-state index contributed by atoms with van der Waals surface area (Å²) < 4.78 is 70.1. The third kappa shape index (κ3) is 5.54. The minimum atomic E-state index is -5.81. The second-order valence-corrected chi connectivity index (χ2v) is 8.14. The van der Waals surface area contributed by atoms with Crippen LogP contribution in [0, 0.1) is 6.92 Å². The SMILES string of the molecule is CCc1nc(OC(CC)CC)c(NC)nc1-c1ccc(OS(=O)(=O)C(F)(F)F)nc1C. The molecule has 172 valence electrons. The van der Waals surface area contributed by atoms with Crippen LogP contribution < -0.4 is 14.2 Å². The van der Waals surface area contributed by atoms with Gasteiger partial charge >= 0.3 is 15.6 Å². The lowest BCUT2D eigenvalue weighted by atomic mass is 10.1. The van der Waals surface area contributed by atoms with Crippen molar-refractivity contribution in [3.63, 3.8) is 0 Å². The molecule has 0 atom stereocenters. The molecule has 0 aliphatic carbocycles. The molecule has 2 heterocycles. The van der Waals surface area contributed by atoms with Gasteiger partial charge in [0.15, 0.2) is 5.82 Å². The zero-order valence-electron chi connectivity index (χ0n) is 17.9. The van der Waals surface area contributed by atoms with E-state index in [0.717, 1.165) is 18.9 Å². The summed E-state index contributed by atoms with van der Waals surface area (Å²) in [4.78, 5) is 13.0. The lowest BCUT2D eigenvalue weighted by molar-refractivity contribution is -0.0501. The summed E-state index contributed by atoms with van der Waals surface area (Å²) in [6.45, 7) is 7.40. The number of nitrogens with one attached hydrogen (secondary N) is 1. The van der Waals surface area contributed by atoms with E-state index in [-0.39, 0.29) is 11.8 Å². The van der Waals surface area contributed by atoms with Crippen molar-refractivity contribution >= 4 is 15.9 Å².